The summed E-state index contributed by atoms with van der Waals surface area (Å²) in [6.07, 6.45) is 2.49. The third-order valence-electron chi connectivity index (χ3n) is 6.56. The normalized spacial score (nSPS) is 13.0. The zero-order valence-corrected chi connectivity index (χ0v) is 21.7. The molecule has 0 spiro atoms. The van der Waals surface area contributed by atoms with Gasteiger partial charge in [-0.05, 0) is 48.9 Å². The third kappa shape index (κ3) is 6.25. The molecule has 5 rings (SSSR count). The first-order valence-electron chi connectivity index (χ1n) is 13.0. The molecule has 3 aromatic carbocycles. The fourth-order valence-electron chi connectivity index (χ4n) is 4.40. The molecule has 39 heavy (non-hydrogen) atoms. The summed E-state index contributed by atoms with van der Waals surface area (Å²) in [7, 11) is 0. The summed E-state index contributed by atoms with van der Waals surface area (Å²) in [4.78, 5) is 15.3. The number of rotatable bonds is 9. The van der Waals surface area contributed by atoms with Crippen LogP contribution in [0.4, 0.5) is 38.9 Å². The van der Waals surface area contributed by atoms with Gasteiger partial charge in [0.25, 0.3) is 5.69 Å². The summed E-state index contributed by atoms with van der Waals surface area (Å²) in [5.41, 5.74) is 4.25. The molecular formula is C30H30FN7O. The maximum atomic E-state index is 14.0. The average molecular weight is 524 g/mol. The molecule has 2 heterocycles. The van der Waals surface area contributed by atoms with Crippen molar-refractivity contribution in [1.82, 2.24) is 15.3 Å². The van der Waals surface area contributed by atoms with Crippen LogP contribution >= 0.6 is 0 Å². The summed E-state index contributed by atoms with van der Waals surface area (Å²) in [6, 6.07) is 20.0. The van der Waals surface area contributed by atoms with E-state index in [4.69, 9.17) is 16.3 Å². The van der Waals surface area contributed by atoms with Crippen LogP contribution in [0.2, 0.25) is 0 Å². The number of ether oxygens (including phenoxy) is 1. The molecule has 198 valence electrons. The molecule has 0 amide bonds. The maximum Gasteiger partial charge on any atom is 0.250 e. The van der Waals surface area contributed by atoms with Crippen LogP contribution in [0, 0.1) is 12.4 Å². The Kier molecular flexibility index (Phi) is 8.15. The van der Waals surface area contributed by atoms with Crippen molar-refractivity contribution in [2.24, 2.45) is 0 Å². The molecular weight excluding hydrogens is 493 g/mol. The number of para-hydroxylation sites is 1. The summed E-state index contributed by atoms with van der Waals surface area (Å²) in [6.45, 7) is 13.8. The lowest BCUT2D eigenvalue weighted by Gasteiger charge is -2.29. The molecule has 0 atom stereocenters. The number of nitrogens with zero attached hydrogens (tertiary/aromatic N) is 4. The van der Waals surface area contributed by atoms with E-state index >= 15 is 0 Å². The fourth-order valence-corrected chi connectivity index (χ4v) is 4.40. The number of halogens is 1. The van der Waals surface area contributed by atoms with Crippen LogP contribution in [0.5, 0.6) is 5.75 Å². The largest absolute Gasteiger partial charge is 0.500 e. The van der Waals surface area contributed by atoms with Gasteiger partial charge in [-0.25, -0.2) is 14.2 Å². The van der Waals surface area contributed by atoms with Crippen LogP contribution in [0.25, 0.3) is 4.85 Å². The van der Waals surface area contributed by atoms with Gasteiger partial charge in [-0.2, -0.15) is 4.98 Å². The van der Waals surface area contributed by atoms with E-state index in [1.165, 1.54) is 11.8 Å². The van der Waals surface area contributed by atoms with E-state index in [9.17, 15) is 4.39 Å². The van der Waals surface area contributed by atoms with Gasteiger partial charge < -0.3 is 25.6 Å². The first kappa shape index (κ1) is 25.9. The Bertz CT molecular complexity index is 1460. The van der Waals surface area contributed by atoms with Crippen molar-refractivity contribution in [2.75, 3.05) is 41.7 Å². The molecule has 1 saturated heterocycles. The fraction of sp³-hybridized carbons (Fsp3) is 0.233. The lowest BCUT2D eigenvalue weighted by molar-refractivity contribution is 0.302. The minimum Gasteiger partial charge on any atom is -0.500 e. The van der Waals surface area contributed by atoms with Crippen LogP contribution in [0.3, 0.4) is 0 Å². The SMILES string of the molecule is [C-]#[N+]c1c(Nc2nc(Nc3ccc(N4CCNCC4)cc3)ncc2CC)cccc1OCc1ccccc1F. The number of benzene rings is 3. The lowest BCUT2D eigenvalue weighted by atomic mass is 10.2. The van der Waals surface area contributed by atoms with E-state index in [0.717, 1.165) is 37.4 Å². The van der Waals surface area contributed by atoms with Crippen LogP contribution < -0.4 is 25.6 Å². The van der Waals surface area contributed by atoms with E-state index in [1.807, 2.05) is 19.1 Å². The molecule has 0 radical (unpaired) electrons. The predicted molar refractivity (Wildman–Crippen MR) is 153 cm³/mol. The Balaban J connectivity index is 1.33. The third-order valence-corrected chi connectivity index (χ3v) is 6.56. The molecule has 4 aromatic rings. The number of aryl methyl sites for hydroxylation is 1. The molecule has 9 heteroatoms. The molecule has 0 aliphatic carbocycles. The average Bonchev–Trinajstić information content (AvgIpc) is 2.98. The maximum absolute atomic E-state index is 14.0. The van der Waals surface area contributed by atoms with Crippen LogP contribution in [-0.4, -0.2) is 36.1 Å². The lowest BCUT2D eigenvalue weighted by Crippen LogP contribution is -2.43. The molecule has 0 saturated carbocycles. The first-order chi connectivity index (χ1) is 19.1. The minimum absolute atomic E-state index is 0.0217. The quantitative estimate of drug-likeness (QED) is 0.225. The highest BCUT2D eigenvalue weighted by atomic mass is 19.1. The van der Waals surface area contributed by atoms with Gasteiger partial charge in [-0.15, -0.1) is 0 Å². The second-order valence-corrected chi connectivity index (χ2v) is 9.10. The zero-order valence-electron chi connectivity index (χ0n) is 21.7. The van der Waals surface area contributed by atoms with Gasteiger partial charge in [0.2, 0.25) is 5.95 Å². The number of hydrogen-bond donors (Lipinski definition) is 3. The first-order valence-corrected chi connectivity index (χ1v) is 13.0. The van der Waals surface area contributed by atoms with Crippen molar-refractivity contribution in [1.29, 1.82) is 0 Å². The van der Waals surface area contributed by atoms with E-state index in [2.05, 4.69) is 42.8 Å². The zero-order chi connectivity index (χ0) is 27.0. The highest BCUT2D eigenvalue weighted by Crippen LogP contribution is 2.38. The number of nitrogens with one attached hydrogen (secondary N) is 3. The molecule has 8 nitrogen and oxygen atoms in total. The minimum atomic E-state index is -0.344. The summed E-state index contributed by atoms with van der Waals surface area (Å²) in [5.74, 6) is 1.07. The Morgan fingerprint density at radius 3 is 2.54 bits per heavy atom. The Morgan fingerprint density at radius 2 is 1.79 bits per heavy atom. The second kappa shape index (κ2) is 12.2. The molecule has 1 aromatic heterocycles. The molecule has 0 unspecified atom stereocenters. The number of piperazine rings is 1. The number of anilines is 5. The van der Waals surface area contributed by atoms with Gasteiger partial charge in [0, 0.05) is 60.6 Å². The standard InChI is InChI=1S/C30H30FN7O/c1-3-21-19-34-30(35-23-11-13-24(14-12-23)38-17-15-33-16-18-38)37-29(21)36-26-9-6-10-27(28(26)32-2)39-20-22-7-4-5-8-25(22)31/h4-14,19,33H,3,15-18,20H2,1H3,(H2,34,35,36,37). The molecule has 0 bridgehead atoms. The van der Waals surface area contributed by atoms with Gasteiger partial charge in [-0.1, -0.05) is 31.2 Å². The topological polar surface area (TPSA) is 78.7 Å². The highest BCUT2D eigenvalue weighted by molar-refractivity contribution is 5.80. The van der Waals surface area contributed by atoms with Gasteiger partial charge in [0.05, 0.1) is 6.57 Å². The molecule has 1 aliphatic heterocycles. The van der Waals surface area contributed by atoms with E-state index < -0.39 is 0 Å². The summed E-state index contributed by atoms with van der Waals surface area (Å²) >= 11 is 0. The van der Waals surface area contributed by atoms with Gasteiger partial charge in [0.1, 0.15) is 24.0 Å². The van der Waals surface area contributed by atoms with Crippen molar-refractivity contribution in [2.45, 2.75) is 20.0 Å². The van der Waals surface area contributed by atoms with Crippen LogP contribution in [0.15, 0.2) is 72.9 Å². The van der Waals surface area contributed by atoms with Gasteiger partial charge >= 0.3 is 0 Å². The van der Waals surface area contributed by atoms with E-state index in [1.54, 1.807) is 42.6 Å². The number of aromatic nitrogens is 2. The van der Waals surface area contributed by atoms with Crippen molar-refractivity contribution < 1.29 is 9.13 Å². The molecule has 1 fully saturated rings. The van der Waals surface area contributed by atoms with Gasteiger partial charge in [0.15, 0.2) is 0 Å². The molecule has 3 N–H and O–H groups in total. The van der Waals surface area contributed by atoms with E-state index in [0.29, 0.717) is 40.9 Å². The van der Waals surface area contributed by atoms with Gasteiger partial charge in [-0.3, -0.25) is 0 Å². The monoisotopic (exact) mass is 523 g/mol. The smallest absolute Gasteiger partial charge is 0.250 e. The highest BCUT2D eigenvalue weighted by Gasteiger charge is 2.15. The summed E-state index contributed by atoms with van der Waals surface area (Å²) in [5, 5.41) is 9.95. The predicted octanol–water partition coefficient (Wildman–Crippen LogP) is 6.20. The second-order valence-electron chi connectivity index (χ2n) is 9.10. The van der Waals surface area contributed by atoms with Crippen molar-refractivity contribution in [3.63, 3.8) is 0 Å². The Labute approximate surface area is 227 Å². The van der Waals surface area contributed by atoms with Crippen LogP contribution in [0.1, 0.15) is 18.1 Å². The number of hydrogen-bond acceptors (Lipinski definition) is 7. The summed E-state index contributed by atoms with van der Waals surface area (Å²) < 4.78 is 19.9. The van der Waals surface area contributed by atoms with Crippen molar-refractivity contribution in [3.8, 4) is 5.75 Å². The van der Waals surface area contributed by atoms with Crippen molar-refractivity contribution >= 4 is 34.5 Å². The Morgan fingerprint density at radius 1 is 1.00 bits per heavy atom. The van der Waals surface area contributed by atoms with Crippen molar-refractivity contribution in [3.05, 3.63) is 101 Å². The molecule has 1 aliphatic rings. The Hall–Kier alpha value is -4.68. The van der Waals surface area contributed by atoms with E-state index in [-0.39, 0.29) is 12.4 Å². The van der Waals surface area contributed by atoms with Crippen LogP contribution in [-0.2, 0) is 13.0 Å².